The van der Waals surface area contributed by atoms with Gasteiger partial charge in [-0.25, -0.2) is 4.79 Å². The number of ether oxygens (including phenoxy) is 1. The van der Waals surface area contributed by atoms with E-state index in [4.69, 9.17) is 8.92 Å². The molecular weight excluding hydrogens is 396 g/mol. The van der Waals surface area contributed by atoms with E-state index in [9.17, 15) is 18.0 Å². The molecule has 0 aromatic heterocycles. The summed E-state index contributed by atoms with van der Waals surface area (Å²) in [5.74, 6) is -0.169. The molecule has 2 aromatic carbocycles. The highest BCUT2D eigenvalue weighted by molar-refractivity contribution is 7.85. The van der Waals surface area contributed by atoms with Gasteiger partial charge in [-0.15, -0.1) is 0 Å². The van der Waals surface area contributed by atoms with E-state index in [2.05, 4.69) is 5.32 Å². The van der Waals surface area contributed by atoms with Gasteiger partial charge in [-0.2, -0.15) is 8.42 Å². The number of nitrogens with zero attached hydrogens (tertiary/aromatic N) is 1. The maximum Gasteiger partial charge on any atom is 0.414 e. The van der Waals surface area contributed by atoms with E-state index >= 15 is 0 Å². The standard InChI is InChI=1S/C20H22N2O6S/c1-14(23)21-11-19-12-22(20(24)28-19)18-9-7-17(8-10-18)16-5-3-15(4-6-16)13-27-29(2,25)26/h3-10,19H,11-13H2,1-2H3,(H,21,23)/t19-/m0/s1. The van der Waals surface area contributed by atoms with Gasteiger partial charge >= 0.3 is 6.09 Å². The SMILES string of the molecule is CC(=O)NC[C@H]1CN(c2ccc(-c3ccc(COS(C)(=O)=O)cc3)cc2)C(=O)O1. The van der Waals surface area contributed by atoms with Gasteiger partial charge in [0.25, 0.3) is 10.1 Å². The van der Waals surface area contributed by atoms with Crippen molar-refractivity contribution in [1.82, 2.24) is 5.32 Å². The highest BCUT2D eigenvalue weighted by Crippen LogP contribution is 2.26. The van der Waals surface area contributed by atoms with Crippen molar-refractivity contribution >= 4 is 27.8 Å². The molecule has 1 aliphatic heterocycles. The van der Waals surface area contributed by atoms with Crippen LogP contribution in [-0.4, -0.2) is 45.9 Å². The number of carbonyl (C=O) groups excluding carboxylic acids is 2. The maximum absolute atomic E-state index is 12.1. The van der Waals surface area contributed by atoms with Crippen molar-refractivity contribution < 1.29 is 26.9 Å². The Labute approximate surface area is 169 Å². The van der Waals surface area contributed by atoms with E-state index < -0.39 is 16.2 Å². The van der Waals surface area contributed by atoms with Crippen molar-refractivity contribution in [2.45, 2.75) is 19.6 Å². The number of amides is 2. The normalized spacial score (nSPS) is 16.6. The third-order valence-electron chi connectivity index (χ3n) is 4.36. The molecule has 0 unspecified atom stereocenters. The smallest absolute Gasteiger partial charge is 0.414 e. The van der Waals surface area contributed by atoms with Crippen molar-refractivity contribution in [2.75, 3.05) is 24.2 Å². The summed E-state index contributed by atoms with van der Waals surface area (Å²) >= 11 is 0. The monoisotopic (exact) mass is 418 g/mol. The molecule has 1 aliphatic rings. The van der Waals surface area contributed by atoms with Crippen molar-refractivity contribution in [3.05, 3.63) is 54.1 Å². The molecule has 0 saturated carbocycles. The zero-order valence-corrected chi connectivity index (χ0v) is 16.9. The molecule has 154 valence electrons. The predicted molar refractivity (Wildman–Crippen MR) is 108 cm³/mol. The van der Waals surface area contributed by atoms with E-state index in [1.54, 1.807) is 12.1 Å². The fourth-order valence-electron chi connectivity index (χ4n) is 2.90. The minimum atomic E-state index is -3.48. The second-order valence-electron chi connectivity index (χ2n) is 6.76. The second-order valence-corrected chi connectivity index (χ2v) is 8.41. The van der Waals surface area contributed by atoms with Crippen LogP contribution in [0, 0.1) is 0 Å². The van der Waals surface area contributed by atoms with Gasteiger partial charge in [0.2, 0.25) is 5.91 Å². The number of anilines is 1. The summed E-state index contributed by atoms with van der Waals surface area (Å²) in [6.45, 7) is 2.06. The van der Waals surface area contributed by atoms with Crippen LogP contribution in [0.25, 0.3) is 11.1 Å². The maximum atomic E-state index is 12.1. The average Bonchev–Trinajstić information content (AvgIpc) is 3.05. The summed E-state index contributed by atoms with van der Waals surface area (Å²) in [5.41, 5.74) is 3.36. The molecule has 29 heavy (non-hydrogen) atoms. The number of rotatable bonds is 7. The van der Waals surface area contributed by atoms with Crippen LogP contribution in [0.15, 0.2) is 48.5 Å². The Kier molecular flexibility index (Phi) is 6.19. The van der Waals surface area contributed by atoms with E-state index in [-0.39, 0.29) is 25.2 Å². The summed E-state index contributed by atoms with van der Waals surface area (Å²) < 4.78 is 32.2. The van der Waals surface area contributed by atoms with Gasteiger partial charge in [-0.3, -0.25) is 13.9 Å². The molecule has 2 aromatic rings. The number of carbonyl (C=O) groups is 2. The first-order valence-electron chi connectivity index (χ1n) is 8.97. The molecule has 0 radical (unpaired) electrons. The highest BCUT2D eigenvalue weighted by atomic mass is 32.2. The largest absolute Gasteiger partial charge is 0.442 e. The van der Waals surface area contributed by atoms with Crippen LogP contribution in [0.2, 0.25) is 0 Å². The Bertz CT molecular complexity index is 987. The second kappa shape index (κ2) is 8.62. The minimum absolute atomic E-state index is 0.00518. The fraction of sp³-hybridized carbons (Fsp3) is 0.300. The summed E-state index contributed by atoms with van der Waals surface area (Å²) in [7, 11) is -3.48. The molecule has 1 fully saturated rings. The summed E-state index contributed by atoms with van der Waals surface area (Å²) in [6.07, 6.45) is 0.192. The molecule has 1 saturated heterocycles. The van der Waals surface area contributed by atoms with Crippen molar-refractivity contribution in [2.24, 2.45) is 0 Å². The van der Waals surface area contributed by atoms with Crippen LogP contribution < -0.4 is 10.2 Å². The molecule has 0 aliphatic carbocycles. The molecule has 0 bridgehead atoms. The van der Waals surface area contributed by atoms with Gasteiger partial charge in [0.05, 0.1) is 26.0 Å². The first kappa shape index (κ1) is 20.8. The van der Waals surface area contributed by atoms with Gasteiger partial charge in [-0.05, 0) is 28.8 Å². The van der Waals surface area contributed by atoms with Crippen LogP contribution in [0.4, 0.5) is 10.5 Å². The lowest BCUT2D eigenvalue weighted by atomic mass is 10.0. The van der Waals surface area contributed by atoms with Crippen molar-refractivity contribution in [3.8, 4) is 11.1 Å². The van der Waals surface area contributed by atoms with Gasteiger partial charge in [0, 0.05) is 12.6 Å². The minimum Gasteiger partial charge on any atom is -0.442 e. The predicted octanol–water partition coefficient (Wildman–Crippen LogP) is 2.29. The van der Waals surface area contributed by atoms with Gasteiger partial charge < -0.3 is 10.1 Å². The van der Waals surface area contributed by atoms with Gasteiger partial charge in [-0.1, -0.05) is 36.4 Å². The Morgan fingerprint density at radius 3 is 2.28 bits per heavy atom. The lowest BCUT2D eigenvalue weighted by Crippen LogP contribution is -2.33. The van der Waals surface area contributed by atoms with Crippen LogP contribution >= 0.6 is 0 Å². The summed E-state index contributed by atoms with van der Waals surface area (Å²) in [5, 5.41) is 2.65. The zero-order chi connectivity index (χ0) is 21.0. The molecular formula is C20H22N2O6S. The molecule has 8 nitrogen and oxygen atoms in total. The highest BCUT2D eigenvalue weighted by Gasteiger charge is 2.32. The molecule has 0 spiro atoms. The van der Waals surface area contributed by atoms with E-state index in [1.807, 2.05) is 36.4 Å². The Morgan fingerprint density at radius 2 is 1.72 bits per heavy atom. The fourth-order valence-corrected chi connectivity index (χ4v) is 3.25. The van der Waals surface area contributed by atoms with Crippen LogP contribution in [-0.2, 0) is 30.4 Å². The first-order chi connectivity index (χ1) is 13.7. The molecule has 1 heterocycles. The summed E-state index contributed by atoms with van der Waals surface area (Å²) in [4.78, 5) is 24.6. The third kappa shape index (κ3) is 5.78. The Morgan fingerprint density at radius 1 is 1.14 bits per heavy atom. The molecule has 2 amide bonds. The molecule has 3 rings (SSSR count). The van der Waals surface area contributed by atoms with Gasteiger partial charge in [0.1, 0.15) is 6.10 Å². The van der Waals surface area contributed by atoms with Crippen molar-refractivity contribution in [1.29, 1.82) is 0 Å². The lowest BCUT2D eigenvalue weighted by molar-refractivity contribution is -0.119. The first-order valence-corrected chi connectivity index (χ1v) is 10.8. The van der Waals surface area contributed by atoms with Crippen LogP contribution in [0.1, 0.15) is 12.5 Å². The number of nitrogens with one attached hydrogen (secondary N) is 1. The van der Waals surface area contributed by atoms with E-state index in [0.717, 1.165) is 22.9 Å². The number of hydrogen-bond acceptors (Lipinski definition) is 6. The number of hydrogen-bond donors (Lipinski definition) is 1. The van der Waals surface area contributed by atoms with Gasteiger partial charge in [0.15, 0.2) is 0 Å². The molecule has 9 heteroatoms. The van der Waals surface area contributed by atoms with Crippen molar-refractivity contribution in [3.63, 3.8) is 0 Å². The molecule has 1 atom stereocenters. The average molecular weight is 418 g/mol. The topological polar surface area (TPSA) is 102 Å². The van der Waals surface area contributed by atoms with Crippen LogP contribution in [0.5, 0.6) is 0 Å². The zero-order valence-electron chi connectivity index (χ0n) is 16.1. The third-order valence-corrected chi connectivity index (χ3v) is 4.90. The number of benzene rings is 2. The number of cyclic esters (lactones) is 1. The van der Waals surface area contributed by atoms with E-state index in [1.165, 1.54) is 11.8 Å². The van der Waals surface area contributed by atoms with Crippen LogP contribution in [0.3, 0.4) is 0 Å². The van der Waals surface area contributed by atoms with E-state index in [0.29, 0.717) is 12.2 Å². The molecule has 1 N–H and O–H groups in total. The lowest BCUT2D eigenvalue weighted by Gasteiger charge is -2.14. The quantitative estimate of drug-likeness (QED) is 0.692. The Hall–Kier alpha value is -2.91. The Balaban J connectivity index is 1.64. The summed E-state index contributed by atoms with van der Waals surface area (Å²) in [6, 6.07) is 14.8.